The zero-order chi connectivity index (χ0) is 15.5. The van der Waals surface area contributed by atoms with Crippen LogP contribution in [0.25, 0.3) is 0 Å². The fraction of sp³-hybridized carbons (Fsp3) is 0.250. The van der Waals surface area contributed by atoms with Crippen LogP contribution in [0.2, 0.25) is 0 Å². The average molecular weight is 306 g/mol. The second-order valence-electron chi connectivity index (χ2n) is 3.60. The van der Waals surface area contributed by atoms with E-state index in [1.165, 1.54) is 14.1 Å². The number of hydrogen-bond acceptors (Lipinski definition) is 9. The van der Waals surface area contributed by atoms with Gasteiger partial charge in [-0.2, -0.15) is 5.06 Å². The molecule has 0 aliphatic carbocycles. The molecule has 12 heteroatoms. The normalized spacial score (nSPS) is 13.8. The van der Waals surface area contributed by atoms with Crippen LogP contribution in [0.1, 0.15) is 0 Å². The van der Waals surface area contributed by atoms with Gasteiger partial charge < -0.3 is 9.42 Å². The molecule has 0 spiro atoms. The Hall–Kier alpha value is -2.07. The summed E-state index contributed by atoms with van der Waals surface area (Å²) >= 11 is 0. The van der Waals surface area contributed by atoms with Gasteiger partial charge in [0.1, 0.15) is 0 Å². The summed E-state index contributed by atoms with van der Waals surface area (Å²) in [7, 11) is -2.35. The smallest absolute Gasteiger partial charge is 0.336 e. The highest BCUT2D eigenvalue weighted by Crippen LogP contribution is 2.44. The average Bonchev–Trinajstić information content (AvgIpc) is 2.26. The molecule has 0 aliphatic heterocycles. The van der Waals surface area contributed by atoms with Gasteiger partial charge in [-0.05, 0) is 6.07 Å². The minimum atomic E-state index is -4.87. The molecule has 1 aromatic carbocycles. The van der Waals surface area contributed by atoms with Gasteiger partial charge >= 0.3 is 13.5 Å². The van der Waals surface area contributed by atoms with Crippen molar-refractivity contribution in [2.45, 2.75) is 0 Å². The summed E-state index contributed by atoms with van der Waals surface area (Å²) in [6.07, 6.45) is 0. The summed E-state index contributed by atoms with van der Waals surface area (Å²) < 4.78 is 20.1. The fourth-order valence-corrected chi connectivity index (χ4v) is 2.00. The molecule has 11 nitrogen and oxygen atoms in total. The van der Waals surface area contributed by atoms with Crippen molar-refractivity contribution in [3.05, 3.63) is 38.4 Å². The van der Waals surface area contributed by atoms with Gasteiger partial charge in [0.25, 0.3) is 5.69 Å². The molecule has 0 aliphatic rings. The zero-order valence-corrected chi connectivity index (χ0v) is 11.2. The largest absolute Gasteiger partial charge is 0.745 e. The maximum atomic E-state index is 11.4. The summed E-state index contributed by atoms with van der Waals surface area (Å²) in [5.74, 6) is -0.680. The lowest BCUT2D eigenvalue weighted by Gasteiger charge is -2.25. The van der Waals surface area contributed by atoms with Crippen molar-refractivity contribution in [2.75, 3.05) is 14.1 Å². The Bertz CT molecular complexity index is 589. The summed E-state index contributed by atoms with van der Waals surface area (Å²) in [6.45, 7) is 0. The maximum absolute atomic E-state index is 11.4. The molecule has 0 aromatic heterocycles. The van der Waals surface area contributed by atoms with Gasteiger partial charge in [-0.1, -0.05) is 0 Å². The molecule has 1 atom stereocenters. The van der Waals surface area contributed by atoms with Gasteiger partial charge in [0.2, 0.25) is 5.75 Å². The minimum Gasteiger partial charge on any atom is -0.745 e. The SMILES string of the molecule is CN(C)OP(=O)([O-])Oc1ccc([N+](=O)[O-])cc1[N+](=O)[O-]. The fourth-order valence-electron chi connectivity index (χ4n) is 1.18. The van der Waals surface area contributed by atoms with E-state index in [0.717, 1.165) is 17.2 Å². The molecule has 0 bridgehead atoms. The molecule has 0 saturated heterocycles. The van der Waals surface area contributed by atoms with E-state index >= 15 is 0 Å². The lowest BCUT2D eigenvalue weighted by molar-refractivity contribution is -0.394. The monoisotopic (exact) mass is 306 g/mol. The third kappa shape index (κ3) is 4.24. The van der Waals surface area contributed by atoms with E-state index < -0.39 is 34.8 Å². The lowest BCUT2D eigenvalue weighted by atomic mass is 10.2. The number of nitrogens with zero attached hydrogens (tertiary/aromatic N) is 3. The number of rotatable bonds is 6. The number of hydroxylamine groups is 2. The molecule has 0 amide bonds. The molecule has 0 saturated carbocycles. The van der Waals surface area contributed by atoms with Crippen molar-refractivity contribution in [1.29, 1.82) is 0 Å². The highest BCUT2D eigenvalue weighted by molar-refractivity contribution is 7.46. The molecular weight excluding hydrogens is 297 g/mol. The predicted octanol–water partition coefficient (Wildman–Crippen LogP) is 0.843. The molecule has 1 rings (SSSR count). The number of non-ortho nitro benzene ring substituents is 1. The van der Waals surface area contributed by atoms with Crippen LogP contribution >= 0.6 is 7.82 Å². The van der Waals surface area contributed by atoms with E-state index in [0.29, 0.717) is 6.07 Å². The van der Waals surface area contributed by atoms with E-state index in [1.807, 2.05) is 0 Å². The van der Waals surface area contributed by atoms with Crippen LogP contribution in [0.15, 0.2) is 18.2 Å². The van der Waals surface area contributed by atoms with Gasteiger partial charge in [0, 0.05) is 20.2 Å². The number of phosphoric ester groups is 1. The first-order chi connectivity index (χ1) is 9.12. The Morgan fingerprint density at radius 2 is 1.80 bits per heavy atom. The molecule has 0 heterocycles. The Morgan fingerprint density at radius 1 is 1.20 bits per heavy atom. The van der Waals surface area contributed by atoms with E-state index in [-0.39, 0.29) is 0 Å². The molecule has 110 valence electrons. The maximum Gasteiger partial charge on any atom is 0.336 e. The third-order valence-electron chi connectivity index (χ3n) is 1.82. The second kappa shape index (κ2) is 5.92. The standard InChI is InChI=1S/C8H10N3O8P/c1-9(2)19-20(16,17)18-8-4-3-6(10(12)13)5-7(8)11(14)15/h3-5H,1-2H3,(H,16,17)/p-1. The van der Waals surface area contributed by atoms with Gasteiger partial charge in [0.05, 0.1) is 15.9 Å². The van der Waals surface area contributed by atoms with Crippen LogP contribution in [0, 0.1) is 20.2 Å². The van der Waals surface area contributed by atoms with Crippen LogP contribution in [-0.4, -0.2) is 29.0 Å². The van der Waals surface area contributed by atoms with Gasteiger partial charge in [-0.15, -0.1) is 0 Å². The first kappa shape index (κ1) is 16.0. The number of phosphoric acid groups is 1. The molecule has 0 fully saturated rings. The summed E-state index contributed by atoms with van der Waals surface area (Å²) in [5.41, 5.74) is -1.43. The molecule has 1 unspecified atom stereocenters. The highest BCUT2D eigenvalue weighted by Gasteiger charge is 2.24. The Balaban J connectivity index is 3.15. The number of nitro groups is 2. The van der Waals surface area contributed by atoms with Crippen molar-refractivity contribution in [1.82, 2.24) is 5.06 Å². The van der Waals surface area contributed by atoms with E-state index in [9.17, 15) is 29.7 Å². The second-order valence-corrected chi connectivity index (χ2v) is 4.84. The molecular formula is C8H9N3O8P-. The van der Waals surface area contributed by atoms with E-state index in [4.69, 9.17) is 0 Å². The Morgan fingerprint density at radius 3 is 2.25 bits per heavy atom. The van der Waals surface area contributed by atoms with Crippen molar-refractivity contribution >= 4 is 19.2 Å². The summed E-state index contributed by atoms with van der Waals surface area (Å²) in [6, 6.07) is 2.27. The van der Waals surface area contributed by atoms with Crippen molar-refractivity contribution < 1.29 is 28.5 Å². The quantitative estimate of drug-likeness (QED) is 0.423. The molecule has 20 heavy (non-hydrogen) atoms. The number of hydrogen-bond donors (Lipinski definition) is 0. The minimum absolute atomic E-state index is 0.571. The Kier molecular flexibility index (Phi) is 4.73. The number of nitro benzene ring substituents is 2. The third-order valence-corrected chi connectivity index (χ3v) is 2.77. The summed E-state index contributed by atoms with van der Waals surface area (Å²) in [5, 5.41) is 22.1. The lowest BCUT2D eigenvalue weighted by Crippen LogP contribution is -2.19. The molecule has 1 aromatic rings. The van der Waals surface area contributed by atoms with Crippen LogP contribution < -0.4 is 9.42 Å². The van der Waals surface area contributed by atoms with E-state index in [1.54, 1.807) is 0 Å². The van der Waals surface area contributed by atoms with Crippen LogP contribution in [0.3, 0.4) is 0 Å². The topological polar surface area (TPSA) is 148 Å². The molecule has 0 N–H and O–H groups in total. The van der Waals surface area contributed by atoms with Crippen LogP contribution in [0.5, 0.6) is 5.75 Å². The first-order valence-corrected chi connectivity index (χ1v) is 6.39. The van der Waals surface area contributed by atoms with Gasteiger partial charge in [-0.25, -0.2) is 4.62 Å². The van der Waals surface area contributed by atoms with E-state index in [2.05, 4.69) is 9.15 Å². The number of benzene rings is 1. The van der Waals surface area contributed by atoms with Gasteiger partial charge in [0.15, 0.2) is 0 Å². The molecule has 0 radical (unpaired) electrons. The predicted molar refractivity (Wildman–Crippen MR) is 62.8 cm³/mol. The van der Waals surface area contributed by atoms with Gasteiger partial charge in [-0.3, -0.25) is 24.8 Å². The van der Waals surface area contributed by atoms with Crippen molar-refractivity contribution in [3.63, 3.8) is 0 Å². The summed E-state index contributed by atoms with van der Waals surface area (Å²) in [4.78, 5) is 30.8. The van der Waals surface area contributed by atoms with Crippen molar-refractivity contribution in [2.24, 2.45) is 0 Å². The zero-order valence-electron chi connectivity index (χ0n) is 10.3. The van der Waals surface area contributed by atoms with Crippen LogP contribution in [-0.2, 0) is 9.19 Å². The first-order valence-electron chi connectivity index (χ1n) is 4.93. The Labute approximate surface area is 112 Å². The highest BCUT2D eigenvalue weighted by atomic mass is 31.2. The van der Waals surface area contributed by atoms with Crippen LogP contribution in [0.4, 0.5) is 11.4 Å². The van der Waals surface area contributed by atoms with Crippen molar-refractivity contribution in [3.8, 4) is 5.75 Å².